The number of piperazine rings is 1. The number of anilines is 1. The average Bonchev–Trinajstić information content (AvgIpc) is 3.54. The van der Waals surface area contributed by atoms with Gasteiger partial charge in [0.2, 0.25) is 5.91 Å². The van der Waals surface area contributed by atoms with E-state index in [1.165, 1.54) is 29.2 Å². The van der Waals surface area contributed by atoms with Crippen LogP contribution < -0.4 is 9.64 Å². The molecule has 0 N–H and O–H groups in total. The van der Waals surface area contributed by atoms with E-state index in [9.17, 15) is 10.1 Å². The average molecular weight is 561 g/mol. The van der Waals surface area contributed by atoms with Crippen molar-refractivity contribution < 1.29 is 9.53 Å². The van der Waals surface area contributed by atoms with Gasteiger partial charge in [-0.2, -0.15) is 15.2 Å². The maximum atomic E-state index is 12.5. The molecule has 0 saturated carbocycles. The Labute approximate surface area is 241 Å². The van der Waals surface area contributed by atoms with E-state index in [1.807, 2.05) is 6.07 Å². The molecule has 2 aliphatic carbocycles. The third-order valence-electron chi connectivity index (χ3n) is 9.60. The number of hydrogen-bond acceptors (Lipinski definition) is 7. The summed E-state index contributed by atoms with van der Waals surface area (Å²) in [6.07, 6.45) is 8.69. The molecule has 0 radical (unpaired) electrons. The molecule has 1 aromatic heterocycles. The van der Waals surface area contributed by atoms with Gasteiger partial charge in [0.1, 0.15) is 12.4 Å². The van der Waals surface area contributed by atoms with Gasteiger partial charge in [0, 0.05) is 41.7 Å². The van der Waals surface area contributed by atoms with Gasteiger partial charge in [0.15, 0.2) is 0 Å². The number of halogens is 1. The van der Waals surface area contributed by atoms with Gasteiger partial charge in [0.05, 0.1) is 24.2 Å². The number of amides is 1. The summed E-state index contributed by atoms with van der Waals surface area (Å²) >= 11 is 6.61. The fourth-order valence-electron chi connectivity index (χ4n) is 7.34. The quantitative estimate of drug-likeness (QED) is 0.492. The molecule has 2 aromatic rings. The van der Waals surface area contributed by atoms with Crippen LogP contribution in [0.15, 0.2) is 30.9 Å². The first-order valence-electron chi connectivity index (χ1n) is 14.5. The normalized spacial score (nSPS) is 25.9. The largest absolute Gasteiger partial charge is 0.462 e. The topological polar surface area (TPSA) is 85.6 Å². The number of carbonyl (C=O) groups is 1. The van der Waals surface area contributed by atoms with Crippen molar-refractivity contribution >= 4 is 23.3 Å². The Kier molecular flexibility index (Phi) is 7.45. The lowest BCUT2D eigenvalue weighted by molar-refractivity contribution is -0.128. The smallest absolute Gasteiger partial charge is 0.318 e. The highest BCUT2D eigenvalue weighted by atomic mass is 35.5. The van der Waals surface area contributed by atoms with Crippen LogP contribution in [0.1, 0.15) is 54.5 Å². The summed E-state index contributed by atoms with van der Waals surface area (Å²) in [6, 6.07) is 9.16. The SMILES string of the molecule is C=CC(=O)N1CCN(c2nc(OC[C@@H]3CCCN3C)nc3c2CC[C@@]2(CCc4c(Cl)cccc42)C3)C[C@@H]1CC#N. The summed E-state index contributed by atoms with van der Waals surface area (Å²) in [5, 5.41) is 10.4. The van der Waals surface area contributed by atoms with Crippen LogP contribution in [0.3, 0.4) is 0 Å². The van der Waals surface area contributed by atoms with Gasteiger partial charge in [-0.25, -0.2) is 0 Å². The lowest BCUT2D eigenvalue weighted by Crippen LogP contribution is -2.55. The molecule has 2 aliphatic heterocycles. The van der Waals surface area contributed by atoms with Gasteiger partial charge < -0.3 is 19.4 Å². The Morgan fingerprint density at radius 3 is 2.80 bits per heavy atom. The molecule has 3 atom stereocenters. The van der Waals surface area contributed by atoms with Crippen LogP contribution in [-0.2, 0) is 29.5 Å². The van der Waals surface area contributed by atoms with Crippen molar-refractivity contribution in [3.8, 4) is 12.1 Å². The lowest BCUT2D eigenvalue weighted by Gasteiger charge is -2.42. The van der Waals surface area contributed by atoms with Crippen LogP contribution in [0.2, 0.25) is 5.02 Å². The number of rotatable bonds is 6. The second-order valence-corrected chi connectivity index (χ2v) is 12.2. The maximum Gasteiger partial charge on any atom is 0.318 e. The van der Waals surface area contributed by atoms with E-state index in [2.05, 4.69) is 41.6 Å². The zero-order valence-electron chi connectivity index (χ0n) is 23.2. The van der Waals surface area contributed by atoms with Crippen LogP contribution in [0, 0.1) is 11.3 Å². The summed E-state index contributed by atoms with van der Waals surface area (Å²) in [5.74, 6) is 0.766. The Morgan fingerprint density at radius 2 is 2.05 bits per heavy atom. The molecule has 2 fully saturated rings. The van der Waals surface area contributed by atoms with Crippen molar-refractivity contribution in [2.75, 3.05) is 44.7 Å². The zero-order chi connectivity index (χ0) is 27.9. The van der Waals surface area contributed by atoms with Gasteiger partial charge in [0.25, 0.3) is 0 Å². The molecule has 1 amide bonds. The van der Waals surface area contributed by atoms with Gasteiger partial charge in [-0.1, -0.05) is 30.3 Å². The van der Waals surface area contributed by atoms with Crippen molar-refractivity contribution in [2.45, 2.75) is 68.9 Å². The Morgan fingerprint density at radius 1 is 1.23 bits per heavy atom. The number of fused-ring (bicyclic) bond motifs is 3. The van der Waals surface area contributed by atoms with Gasteiger partial charge >= 0.3 is 6.01 Å². The number of nitriles is 1. The third kappa shape index (κ3) is 4.84. The first kappa shape index (κ1) is 27.0. The molecular formula is C31H37ClN6O2. The lowest BCUT2D eigenvalue weighted by atomic mass is 9.69. The fourth-order valence-corrected chi connectivity index (χ4v) is 7.61. The number of aromatic nitrogens is 2. The highest BCUT2D eigenvalue weighted by Gasteiger charge is 2.44. The summed E-state index contributed by atoms with van der Waals surface area (Å²) < 4.78 is 6.31. The van der Waals surface area contributed by atoms with Gasteiger partial charge in [-0.05, 0) is 81.8 Å². The van der Waals surface area contributed by atoms with Crippen molar-refractivity contribution in [3.05, 3.63) is 58.3 Å². The molecule has 6 rings (SSSR count). The molecule has 210 valence electrons. The zero-order valence-corrected chi connectivity index (χ0v) is 24.0. The van der Waals surface area contributed by atoms with Gasteiger partial charge in [-0.15, -0.1) is 0 Å². The van der Waals surface area contributed by atoms with E-state index in [0.717, 1.165) is 61.6 Å². The minimum atomic E-state index is -0.217. The first-order chi connectivity index (χ1) is 19.4. The number of benzene rings is 1. The van der Waals surface area contributed by atoms with E-state index in [-0.39, 0.29) is 23.8 Å². The number of likely N-dealkylation sites (tertiary alicyclic amines) is 1. The molecule has 0 unspecified atom stereocenters. The molecule has 1 aromatic carbocycles. The minimum absolute atomic E-state index is 0.0280. The molecule has 4 aliphatic rings. The van der Waals surface area contributed by atoms with Crippen molar-refractivity contribution in [1.29, 1.82) is 5.26 Å². The Hall–Kier alpha value is -3.15. The maximum absolute atomic E-state index is 12.5. The number of hydrogen-bond donors (Lipinski definition) is 0. The van der Waals surface area contributed by atoms with Crippen LogP contribution in [0.25, 0.3) is 0 Å². The first-order valence-corrected chi connectivity index (χ1v) is 14.9. The van der Waals surface area contributed by atoms with E-state index in [0.29, 0.717) is 38.3 Å². The number of carbonyl (C=O) groups excluding carboxylic acids is 1. The molecule has 8 nitrogen and oxygen atoms in total. The van der Waals surface area contributed by atoms with Crippen LogP contribution in [-0.4, -0.2) is 77.6 Å². The van der Waals surface area contributed by atoms with E-state index < -0.39 is 0 Å². The molecule has 9 heteroatoms. The number of nitrogens with zero attached hydrogens (tertiary/aromatic N) is 6. The highest BCUT2D eigenvalue weighted by molar-refractivity contribution is 6.31. The standard InChI is InChI=1S/C31H37ClN6O2/c1-3-28(39)38-17-16-37(19-21(38)11-14-33)29-24-10-13-31(12-9-23-25(31)7-4-8-26(23)32)18-27(24)34-30(35-29)40-20-22-6-5-15-36(22)2/h3-4,7-8,21-22H,1,5-6,9-13,15-20H2,2H3/t21-,22-,31-/m0/s1. The molecule has 3 heterocycles. The van der Waals surface area contributed by atoms with Crippen molar-refractivity contribution in [1.82, 2.24) is 19.8 Å². The molecule has 0 bridgehead atoms. The van der Waals surface area contributed by atoms with E-state index in [1.54, 1.807) is 4.90 Å². The molecule has 40 heavy (non-hydrogen) atoms. The van der Waals surface area contributed by atoms with E-state index in [4.69, 9.17) is 26.3 Å². The molecule has 2 saturated heterocycles. The minimum Gasteiger partial charge on any atom is -0.462 e. The van der Waals surface area contributed by atoms with Crippen molar-refractivity contribution in [3.63, 3.8) is 0 Å². The molecule has 1 spiro atoms. The highest BCUT2D eigenvalue weighted by Crippen LogP contribution is 2.50. The molecular weight excluding hydrogens is 524 g/mol. The summed E-state index contributed by atoms with van der Waals surface area (Å²) in [4.78, 5) is 28.9. The van der Waals surface area contributed by atoms with Crippen LogP contribution >= 0.6 is 11.6 Å². The number of likely N-dealkylation sites (N-methyl/N-ethyl adjacent to an activating group) is 1. The van der Waals surface area contributed by atoms with Gasteiger partial charge in [-0.3, -0.25) is 4.79 Å². The summed E-state index contributed by atoms with van der Waals surface area (Å²) in [6.45, 7) is 7.01. The van der Waals surface area contributed by atoms with Crippen molar-refractivity contribution in [2.24, 2.45) is 0 Å². The van der Waals surface area contributed by atoms with Crippen LogP contribution in [0.5, 0.6) is 6.01 Å². The fraction of sp³-hybridized carbons (Fsp3) is 0.548. The predicted molar refractivity (Wildman–Crippen MR) is 155 cm³/mol. The number of ether oxygens (including phenoxy) is 1. The van der Waals surface area contributed by atoms with Crippen LogP contribution in [0.4, 0.5) is 5.82 Å². The summed E-state index contributed by atoms with van der Waals surface area (Å²) in [5.41, 5.74) is 4.91. The Bertz CT molecular complexity index is 1360. The van der Waals surface area contributed by atoms with E-state index >= 15 is 0 Å². The predicted octanol–water partition coefficient (Wildman–Crippen LogP) is 4.09. The Balaban J connectivity index is 1.34. The third-order valence-corrected chi connectivity index (χ3v) is 9.95. The summed E-state index contributed by atoms with van der Waals surface area (Å²) in [7, 11) is 2.14. The second-order valence-electron chi connectivity index (χ2n) is 11.8. The second kappa shape index (κ2) is 11.0. The monoisotopic (exact) mass is 560 g/mol.